The second kappa shape index (κ2) is 4.96. The summed E-state index contributed by atoms with van der Waals surface area (Å²) < 4.78 is 1.60. The number of aryl methyl sites for hydroxylation is 1. The fourth-order valence-corrected chi connectivity index (χ4v) is 1.55. The number of H-pyrrole nitrogens is 1. The number of rotatable bonds is 4. The van der Waals surface area contributed by atoms with Crippen LogP contribution >= 0.6 is 0 Å². The van der Waals surface area contributed by atoms with Gasteiger partial charge in [0.05, 0.1) is 12.2 Å². The van der Waals surface area contributed by atoms with Crippen molar-refractivity contribution in [2.75, 3.05) is 0 Å². The van der Waals surface area contributed by atoms with E-state index >= 15 is 0 Å². The average molecular weight is 249 g/mol. The molecule has 2 heterocycles. The minimum Gasteiger partial charge on any atom is -0.345 e. The van der Waals surface area contributed by atoms with Gasteiger partial charge in [-0.1, -0.05) is 0 Å². The minimum atomic E-state index is -0.746. The van der Waals surface area contributed by atoms with Gasteiger partial charge < -0.3 is 11.1 Å². The molecule has 96 valence electrons. The maximum absolute atomic E-state index is 11.9. The van der Waals surface area contributed by atoms with Crippen molar-refractivity contribution in [1.82, 2.24) is 30.3 Å². The van der Waals surface area contributed by atoms with Gasteiger partial charge in [-0.25, -0.2) is 4.98 Å². The van der Waals surface area contributed by atoms with Crippen molar-refractivity contribution >= 4 is 5.91 Å². The van der Waals surface area contributed by atoms with Crippen LogP contribution in [0.2, 0.25) is 0 Å². The van der Waals surface area contributed by atoms with E-state index in [1.54, 1.807) is 31.0 Å². The number of hydrogen-bond acceptors (Lipinski definition) is 5. The van der Waals surface area contributed by atoms with Crippen LogP contribution < -0.4 is 11.1 Å². The normalized spacial score (nSPS) is 14.2. The number of carbonyl (C=O) groups is 1. The Morgan fingerprint density at radius 1 is 1.61 bits per heavy atom. The second-order valence-corrected chi connectivity index (χ2v) is 4.03. The lowest BCUT2D eigenvalue weighted by molar-refractivity contribution is -0.123. The number of carbonyl (C=O) groups excluding carboxylic acids is 1. The number of nitrogens with two attached hydrogens (primary N) is 1. The summed E-state index contributed by atoms with van der Waals surface area (Å²) in [6, 6.07) is -1.02. The first-order valence-corrected chi connectivity index (χ1v) is 5.47. The van der Waals surface area contributed by atoms with Crippen LogP contribution in [0.15, 0.2) is 18.7 Å². The number of nitrogens with one attached hydrogen (secondary N) is 2. The van der Waals surface area contributed by atoms with E-state index in [-0.39, 0.29) is 11.9 Å². The molecule has 2 aromatic heterocycles. The quantitative estimate of drug-likeness (QED) is 0.670. The van der Waals surface area contributed by atoms with Crippen LogP contribution in [-0.2, 0) is 11.8 Å². The highest BCUT2D eigenvalue weighted by Gasteiger charge is 2.20. The molecule has 0 spiro atoms. The molecule has 2 unspecified atom stereocenters. The zero-order valence-corrected chi connectivity index (χ0v) is 10.2. The van der Waals surface area contributed by atoms with E-state index in [1.807, 2.05) is 0 Å². The van der Waals surface area contributed by atoms with Crippen LogP contribution in [0.3, 0.4) is 0 Å². The lowest BCUT2D eigenvalue weighted by Crippen LogP contribution is -2.35. The molecule has 18 heavy (non-hydrogen) atoms. The van der Waals surface area contributed by atoms with E-state index in [0.717, 1.165) is 0 Å². The first-order chi connectivity index (χ1) is 8.58. The molecule has 1 amide bonds. The highest BCUT2D eigenvalue weighted by Crippen LogP contribution is 2.11. The van der Waals surface area contributed by atoms with Crippen LogP contribution in [-0.4, -0.2) is 30.9 Å². The molecule has 0 aliphatic carbocycles. The molecular formula is C10H15N7O. The molecular weight excluding hydrogens is 234 g/mol. The predicted octanol–water partition coefficient (Wildman–Crippen LogP) is -0.585. The summed E-state index contributed by atoms with van der Waals surface area (Å²) in [5.41, 5.74) is 6.51. The van der Waals surface area contributed by atoms with Crippen molar-refractivity contribution in [1.29, 1.82) is 0 Å². The van der Waals surface area contributed by atoms with Gasteiger partial charge in [-0.3, -0.25) is 14.6 Å². The number of hydrogen-bond donors (Lipinski definition) is 3. The van der Waals surface area contributed by atoms with Crippen LogP contribution in [0.5, 0.6) is 0 Å². The molecule has 8 heteroatoms. The molecule has 0 fully saturated rings. The molecule has 0 bridgehead atoms. The highest BCUT2D eigenvalue weighted by molar-refractivity contribution is 5.83. The van der Waals surface area contributed by atoms with E-state index in [4.69, 9.17) is 5.73 Å². The summed E-state index contributed by atoms with van der Waals surface area (Å²) in [6.07, 6.45) is 4.67. The zero-order valence-electron chi connectivity index (χ0n) is 10.2. The van der Waals surface area contributed by atoms with Crippen molar-refractivity contribution in [3.05, 3.63) is 30.1 Å². The van der Waals surface area contributed by atoms with Crippen LogP contribution in [0.1, 0.15) is 30.4 Å². The lowest BCUT2D eigenvalue weighted by Gasteiger charge is -2.14. The minimum absolute atomic E-state index is 0.275. The molecule has 0 aliphatic heterocycles. The molecule has 2 aromatic rings. The summed E-state index contributed by atoms with van der Waals surface area (Å²) in [5.74, 6) is 0.300. The predicted molar refractivity (Wildman–Crippen MR) is 63.1 cm³/mol. The first kappa shape index (κ1) is 12.2. The van der Waals surface area contributed by atoms with Gasteiger partial charge in [0.1, 0.15) is 18.2 Å². The molecule has 2 atom stereocenters. The standard InChI is InChI=1S/C10H15N7O/c1-6(9-12-5-13-16-9)15-10(18)8(11)7-3-14-17(2)4-7/h3-6,8H,11H2,1-2H3,(H,15,18)(H,12,13,16). The molecule has 0 saturated heterocycles. The molecule has 4 N–H and O–H groups in total. The van der Waals surface area contributed by atoms with Crippen LogP contribution in [0.25, 0.3) is 0 Å². The fourth-order valence-electron chi connectivity index (χ4n) is 1.55. The maximum atomic E-state index is 11.9. The number of amides is 1. The van der Waals surface area contributed by atoms with E-state index < -0.39 is 6.04 Å². The fraction of sp³-hybridized carbons (Fsp3) is 0.400. The third kappa shape index (κ3) is 2.54. The number of aromatic nitrogens is 5. The monoisotopic (exact) mass is 249 g/mol. The second-order valence-electron chi connectivity index (χ2n) is 4.03. The van der Waals surface area contributed by atoms with Crippen molar-refractivity contribution in [2.24, 2.45) is 12.8 Å². The van der Waals surface area contributed by atoms with Gasteiger partial charge in [-0.15, -0.1) is 0 Å². The Bertz CT molecular complexity index is 518. The zero-order chi connectivity index (χ0) is 13.1. The third-order valence-electron chi connectivity index (χ3n) is 2.57. The Kier molecular flexibility index (Phi) is 3.38. The molecule has 0 saturated carbocycles. The molecule has 0 aromatic carbocycles. The molecule has 2 rings (SSSR count). The van der Waals surface area contributed by atoms with Gasteiger partial charge in [0.2, 0.25) is 5.91 Å². The van der Waals surface area contributed by atoms with Gasteiger partial charge in [-0.2, -0.15) is 10.2 Å². The Morgan fingerprint density at radius 2 is 2.39 bits per heavy atom. The average Bonchev–Trinajstić information content (AvgIpc) is 2.98. The number of aromatic amines is 1. The Balaban J connectivity index is 1.99. The Morgan fingerprint density at radius 3 is 2.94 bits per heavy atom. The van der Waals surface area contributed by atoms with E-state index in [2.05, 4.69) is 25.6 Å². The largest absolute Gasteiger partial charge is 0.345 e. The highest BCUT2D eigenvalue weighted by atomic mass is 16.2. The van der Waals surface area contributed by atoms with Gasteiger partial charge in [0.25, 0.3) is 0 Å². The van der Waals surface area contributed by atoms with Crippen LogP contribution in [0.4, 0.5) is 0 Å². The molecule has 0 radical (unpaired) electrons. The smallest absolute Gasteiger partial charge is 0.242 e. The van der Waals surface area contributed by atoms with Crippen molar-refractivity contribution < 1.29 is 4.79 Å². The van der Waals surface area contributed by atoms with E-state index in [1.165, 1.54) is 6.33 Å². The first-order valence-electron chi connectivity index (χ1n) is 5.47. The molecule has 0 aliphatic rings. The van der Waals surface area contributed by atoms with Gasteiger partial charge >= 0.3 is 0 Å². The summed E-state index contributed by atoms with van der Waals surface area (Å²) >= 11 is 0. The summed E-state index contributed by atoms with van der Waals surface area (Å²) in [7, 11) is 1.77. The van der Waals surface area contributed by atoms with Gasteiger partial charge in [0, 0.05) is 18.8 Å². The van der Waals surface area contributed by atoms with Crippen LogP contribution in [0, 0.1) is 0 Å². The maximum Gasteiger partial charge on any atom is 0.242 e. The molecule has 8 nitrogen and oxygen atoms in total. The van der Waals surface area contributed by atoms with Crippen molar-refractivity contribution in [2.45, 2.75) is 19.0 Å². The van der Waals surface area contributed by atoms with E-state index in [0.29, 0.717) is 11.4 Å². The SMILES string of the molecule is CC(NC(=O)C(N)c1cnn(C)c1)c1ncn[nH]1. The van der Waals surface area contributed by atoms with E-state index in [9.17, 15) is 4.79 Å². The summed E-state index contributed by atoms with van der Waals surface area (Å²) in [4.78, 5) is 15.9. The summed E-state index contributed by atoms with van der Waals surface area (Å²) in [5, 5.41) is 13.1. The van der Waals surface area contributed by atoms with Gasteiger partial charge in [0.15, 0.2) is 0 Å². The van der Waals surface area contributed by atoms with Gasteiger partial charge in [-0.05, 0) is 6.92 Å². The third-order valence-corrected chi connectivity index (χ3v) is 2.57. The Labute approximate surface area is 104 Å². The lowest BCUT2D eigenvalue weighted by atomic mass is 10.1. The summed E-state index contributed by atoms with van der Waals surface area (Å²) in [6.45, 7) is 1.80. The number of nitrogens with zero attached hydrogens (tertiary/aromatic N) is 4. The topological polar surface area (TPSA) is 115 Å². The van der Waals surface area contributed by atoms with Crippen molar-refractivity contribution in [3.63, 3.8) is 0 Å². The Hall–Kier alpha value is -2.22. The van der Waals surface area contributed by atoms with Crippen molar-refractivity contribution in [3.8, 4) is 0 Å².